The molecule has 1 heterocycles. The minimum absolute atomic E-state index is 0.137. The lowest BCUT2D eigenvalue weighted by molar-refractivity contribution is -0.123. The first-order chi connectivity index (χ1) is 13.7. The molecule has 1 atom stereocenters. The Balaban J connectivity index is 1.85. The third kappa shape index (κ3) is 4.59. The van der Waals surface area contributed by atoms with E-state index in [4.69, 9.17) is 5.26 Å². The number of amides is 2. The van der Waals surface area contributed by atoms with Crippen LogP contribution >= 0.6 is 0 Å². The van der Waals surface area contributed by atoms with Gasteiger partial charge in [-0.15, -0.1) is 0 Å². The Labute approximate surface area is 169 Å². The van der Waals surface area contributed by atoms with E-state index in [9.17, 15) is 18.0 Å². The summed E-state index contributed by atoms with van der Waals surface area (Å²) in [6, 6.07) is 7.58. The summed E-state index contributed by atoms with van der Waals surface area (Å²) in [6.45, 7) is 3.72. The molecule has 9 heteroatoms. The number of hydrogen-bond acceptors (Lipinski definition) is 5. The number of fused-ring (bicyclic) bond motifs is 1. The van der Waals surface area contributed by atoms with Crippen molar-refractivity contribution in [2.75, 3.05) is 6.54 Å². The quantitative estimate of drug-likeness (QED) is 0.635. The van der Waals surface area contributed by atoms with Gasteiger partial charge in [-0.1, -0.05) is 19.9 Å². The van der Waals surface area contributed by atoms with Crippen LogP contribution in [0.4, 0.5) is 0 Å². The minimum Gasteiger partial charge on any atom is -0.341 e. The third-order valence-corrected chi connectivity index (χ3v) is 6.99. The monoisotopic (exact) mass is 416 g/mol. The standard InChI is InChI=1S/C20H24N4O4S/c1-13(2)11-17(20(26)22-9-8-21)23-19(25)15-4-3-14-7-10-24(18(14)12-15)29(27,28)16-5-6-16/h3-4,7,10,12-13,16-17H,5-6,9,11H2,1-2H3,(H,22,26)(H,23,25). The summed E-state index contributed by atoms with van der Waals surface area (Å²) in [5.74, 6) is -0.743. The van der Waals surface area contributed by atoms with Crippen molar-refractivity contribution in [2.45, 2.75) is 44.4 Å². The van der Waals surface area contributed by atoms with Gasteiger partial charge in [0.2, 0.25) is 15.9 Å². The fourth-order valence-corrected chi connectivity index (χ4v) is 4.90. The first-order valence-electron chi connectivity index (χ1n) is 9.55. The number of benzene rings is 1. The van der Waals surface area contributed by atoms with Crippen LogP contribution in [0, 0.1) is 17.2 Å². The molecule has 3 rings (SSSR count). The SMILES string of the molecule is CC(C)CC(NC(=O)c1ccc2ccn(S(=O)(=O)C3CC3)c2c1)C(=O)NCC#N. The Morgan fingerprint density at radius 1 is 1.28 bits per heavy atom. The molecule has 0 saturated heterocycles. The molecule has 1 saturated carbocycles. The van der Waals surface area contributed by atoms with Crippen LogP contribution in [0.15, 0.2) is 30.5 Å². The predicted molar refractivity (Wildman–Crippen MR) is 109 cm³/mol. The van der Waals surface area contributed by atoms with E-state index in [1.807, 2.05) is 19.9 Å². The summed E-state index contributed by atoms with van der Waals surface area (Å²) in [4.78, 5) is 25.1. The van der Waals surface area contributed by atoms with Gasteiger partial charge in [0.1, 0.15) is 12.6 Å². The van der Waals surface area contributed by atoms with Crippen LogP contribution in [0.2, 0.25) is 0 Å². The molecular weight excluding hydrogens is 392 g/mol. The molecule has 154 valence electrons. The maximum absolute atomic E-state index is 12.8. The zero-order valence-electron chi connectivity index (χ0n) is 16.4. The molecule has 2 N–H and O–H groups in total. The highest BCUT2D eigenvalue weighted by atomic mass is 32.2. The Hall–Kier alpha value is -2.86. The number of carbonyl (C=O) groups excluding carboxylic acids is 2. The second-order valence-corrected chi connectivity index (χ2v) is 9.75. The number of rotatable bonds is 8. The van der Waals surface area contributed by atoms with E-state index in [0.29, 0.717) is 24.8 Å². The average molecular weight is 417 g/mol. The van der Waals surface area contributed by atoms with Crippen molar-refractivity contribution >= 4 is 32.7 Å². The Bertz CT molecular complexity index is 1080. The van der Waals surface area contributed by atoms with Gasteiger partial charge in [-0.3, -0.25) is 9.59 Å². The molecule has 8 nitrogen and oxygen atoms in total. The number of hydrogen-bond donors (Lipinski definition) is 2. The van der Waals surface area contributed by atoms with E-state index in [1.165, 1.54) is 16.2 Å². The normalized spacial score (nSPS) is 15.1. The Kier molecular flexibility index (Phi) is 5.94. The number of nitriles is 1. The van der Waals surface area contributed by atoms with E-state index in [-0.39, 0.29) is 23.3 Å². The number of nitrogens with zero attached hydrogens (tertiary/aromatic N) is 2. The number of carbonyl (C=O) groups is 2. The molecular formula is C20H24N4O4S. The molecule has 0 aliphatic heterocycles. The fraction of sp³-hybridized carbons (Fsp3) is 0.450. The van der Waals surface area contributed by atoms with Gasteiger partial charge >= 0.3 is 0 Å². The molecule has 2 amide bonds. The molecule has 1 aromatic heterocycles. The molecule has 1 unspecified atom stereocenters. The van der Waals surface area contributed by atoms with Crippen molar-refractivity contribution < 1.29 is 18.0 Å². The maximum atomic E-state index is 12.8. The smallest absolute Gasteiger partial charge is 0.252 e. The van der Waals surface area contributed by atoms with Gasteiger partial charge in [0.15, 0.2) is 0 Å². The summed E-state index contributed by atoms with van der Waals surface area (Å²) < 4.78 is 26.5. The largest absolute Gasteiger partial charge is 0.341 e. The van der Waals surface area contributed by atoms with E-state index < -0.39 is 27.9 Å². The van der Waals surface area contributed by atoms with Crippen LogP contribution in [-0.2, 0) is 14.8 Å². The zero-order valence-corrected chi connectivity index (χ0v) is 17.2. The highest BCUT2D eigenvalue weighted by molar-refractivity contribution is 7.91. The lowest BCUT2D eigenvalue weighted by atomic mass is 10.0. The van der Waals surface area contributed by atoms with Gasteiger partial charge in [0.05, 0.1) is 16.8 Å². The topological polar surface area (TPSA) is 121 Å². The molecule has 1 aliphatic carbocycles. The minimum atomic E-state index is -3.46. The summed E-state index contributed by atoms with van der Waals surface area (Å²) in [7, 11) is -3.46. The van der Waals surface area contributed by atoms with Crippen LogP contribution in [0.1, 0.15) is 43.5 Å². The van der Waals surface area contributed by atoms with Crippen molar-refractivity contribution in [2.24, 2.45) is 5.92 Å². The lowest BCUT2D eigenvalue weighted by Gasteiger charge is -2.19. The molecule has 1 fully saturated rings. The van der Waals surface area contributed by atoms with Crippen molar-refractivity contribution in [3.63, 3.8) is 0 Å². The molecule has 0 spiro atoms. The Morgan fingerprint density at radius 2 is 2.00 bits per heavy atom. The van der Waals surface area contributed by atoms with Gasteiger partial charge in [0.25, 0.3) is 5.91 Å². The maximum Gasteiger partial charge on any atom is 0.252 e. The highest BCUT2D eigenvalue weighted by Gasteiger charge is 2.37. The van der Waals surface area contributed by atoms with Crippen LogP contribution in [0.5, 0.6) is 0 Å². The zero-order chi connectivity index (χ0) is 21.2. The van der Waals surface area contributed by atoms with Crippen molar-refractivity contribution in [1.29, 1.82) is 5.26 Å². The lowest BCUT2D eigenvalue weighted by Crippen LogP contribution is -2.47. The van der Waals surface area contributed by atoms with Crippen LogP contribution in [0.25, 0.3) is 10.9 Å². The second-order valence-electron chi connectivity index (χ2n) is 7.66. The van der Waals surface area contributed by atoms with Crippen LogP contribution < -0.4 is 10.6 Å². The fourth-order valence-electron chi connectivity index (χ4n) is 3.19. The molecule has 1 aromatic carbocycles. The summed E-state index contributed by atoms with van der Waals surface area (Å²) in [6.07, 6.45) is 3.22. The van der Waals surface area contributed by atoms with Crippen LogP contribution in [0.3, 0.4) is 0 Å². The molecule has 29 heavy (non-hydrogen) atoms. The molecule has 2 aromatic rings. The number of nitrogens with one attached hydrogen (secondary N) is 2. The third-order valence-electron chi connectivity index (χ3n) is 4.81. The molecule has 1 aliphatic rings. The first-order valence-corrected chi connectivity index (χ1v) is 11.1. The van der Waals surface area contributed by atoms with Gasteiger partial charge in [-0.25, -0.2) is 12.4 Å². The van der Waals surface area contributed by atoms with Crippen molar-refractivity contribution in [3.05, 3.63) is 36.0 Å². The van der Waals surface area contributed by atoms with Crippen molar-refractivity contribution in [1.82, 2.24) is 14.6 Å². The average Bonchev–Trinajstić information content (AvgIpc) is 3.44. The first kappa shape index (κ1) is 20.9. The van der Waals surface area contributed by atoms with Gasteiger partial charge in [-0.2, -0.15) is 5.26 Å². The Morgan fingerprint density at radius 3 is 2.62 bits per heavy atom. The molecule has 0 radical (unpaired) electrons. The summed E-state index contributed by atoms with van der Waals surface area (Å²) in [5, 5.41) is 14.2. The summed E-state index contributed by atoms with van der Waals surface area (Å²) in [5.41, 5.74) is 0.712. The van der Waals surface area contributed by atoms with Crippen LogP contribution in [-0.4, -0.2) is 42.0 Å². The van der Waals surface area contributed by atoms with Gasteiger partial charge in [0, 0.05) is 17.1 Å². The van der Waals surface area contributed by atoms with E-state index in [0.717, 1.165) is 5.39 Å². The van der Waals surface area contributed by atoms with E-state index >= 15 is 0 Å². The van der Waals surface area contributed by atoms with E-state index in [1.54, 1.807) is 18.2 Å². The highest BCUT2D eigenvalue weighted by Crippen LogP contribution is 2.32. The molecule has 0 bridgehead atoms. The van der Waals surface area contributed by atoms with E-state index in [2.05, 4.69) is 10.6 Å². The number of aromatic nitrogens is 1. The van der Waals surface area contributed by atoms with Gasteiger partial charge < -0.3 is 10.6 Å². The summed E-state index contributed by atoms with van der Waals surface area (Å²) >= 11 is 0. The van der Waals surface area contributed by atoms with Crippen molar-refractivity contribution in [3.8, 4) is 6.07 Å². The predicted octanol–water partition coefficient (Wildman–Crippen LogP) is 1.77. The second kappa shape index (κ2) is 8.25. The van der Waals surface area contributed by atoms with Gasteiger partial charge in [-0.05, 0) is 43.4 Å².